The Morgan fingerprint density at radius 3 is 2.56 bits per heavy atom. The molecule has 2 aliphatic rings. The third kappa shape index (κ3) is 2.69. The van der Waals surface area contributed by atoms with Crippen molar-refractivity contribution in [1.29, 1.82) is 0 Å². The number of hydrogen-bond donors (Lipinski definition) is 4. The number of carbonyl (C=O) groups is 3. The Labute approximate surface area is 150 Å². The van der Waals surface area contributed by atoms with E-state index in [4.69, 9.17) is 5.11 Å². The maximum absolute atomic E-state index is 15.3. The number of hydrogen-bond acceptors (Lipinski definition) is 5. The summed E-state index contributed by atoms with van der Waals surface area (Å²) in [7, 11) is 0. The monoisotopic (exact) mass is 375 g/mol. The molecule has 140 valence electrons. The number of nitrogens with one attached hydrogen (secondary N) is 2. The van der Waals surface area contributed by atoms with Gasteiger partial charge in [-0.05, 0) is 18.9 Å². The van der Waals surface area contributed by atoms with Gasteiger partial charge in [0, 0.05) is 12.2 Å². The third-order valence-electron chi connectivity index (χ3n) is 4.70. The van der Waals surface area contributed by atoms with E-state index in [0.717, 1.165) is 19.0 Å². The van der Waals surface area contributed by atoms with Gasteiger partial charge in [-0.25, -0.2) is 9.18 Å². The minimum absolute atomic E-state index is 0.0337. The number of aromatic nitrogens is 1. The molecule has 2 heterocycles. The molecule has 1 atom stereocenters. The first kappa shape index (κ1) is 17.0. The Morgan fingerprint density at radius 1 is 1.26 bits per heavy atom. The Hall–Kier alpha value is -3.43. The van der Waals surface area contributed by atoms with Gasteiger partial charge in [-0.15, -0.1) is 0 Å². The summed E-state index contributed by atoms with van der Waals surface area (Å²) in [6.45, 7) is 0. The molecule has 4 N–H and O–H groups in total. The first-order valence-electron chi connectivity index (χ1n) is 8.21. The molecular formula is C17H14FN3O6. The lowest BCUT2D eigenvalue weighted by Gasteiger charge is -2.27. The van der Waals surface area contributed by atoms with Crippen molar-refractivity contribution in [3.8, 4) is 0 Å². The van der Waals surface area contributed by atoms with Crippen LogP contribution < -0.4 is 16.1 Å². The van der Waals surface area contributed by atoms with Crippen LogP contribution in [0, 0.1) is 5.82 Å². The van der Waals surface area contributed by atoms with Crippen LogP contribution >= 0.6 is 0 Å². The van der Waals surface area contributed by atoms with Gasteiger partial charge in [0.1, 0.15) is 11.6 Å². The fraction of sp³-hybridized carbons (Fsp3) is 0.294. The third-order valence-corrected chi connectivity index (χ3v) is 4.70. The van der Waals surface area contributed by atoms with Gasteiger partial charge >= 0.3 is 11.9 Å². The molecular weight excluding hydrogens is 361 g/mol. The number of aliphatic carboxylic acids is 1. The number of fused-ring (bicyclic) bond motifs is 2. The fourth-order valence-corrected chi connectivity index (χ4v) is 3.28. The summed E-state index contributed by atoms with van der Waals surface area (Å²) >= 11 is 0. The summed E-state index contributed by atoms with van der Waals surface area (Å²) in [4.78, 5) is 46.9. The topological polar surface area (TPSA) is 138 Å². The number of anilines is 2. The van der Waals surface area contributed by atoms with Crippen molar-refractivity contribution in [2.24, 2.45) is 0 Å². The lowest BCUT2D eigenvalue weighted by molar-refractivity contribution is -0.138. The average molecular weight is 375 g/mol. The molecule has 9 nitrogen and oxygen atoms in total. The normalized spacial score (nSPS) is 18.6. The van der Waals surface area contributed by atoms with Crippen molar-refractivity contribution in [2.75, 3.05) is 10.6 Å². The van der Waals surface area contributed by atoms with Crippen LogP contribution in [0.1, 0.15) is 35.7 Å². The Morgan fingerprint density at radius 2 is 1.96 bits per heavy atom. The minimum atomic E-state index is -1.42. The van der Waals surface area contributed by atoms with Gasteiger partial charge in [-0.1, -0.05) is 0 Å². The van der Waals surface area contributed by atoms with Gasteiger partial charge in [0.15, 0.2) is 5.82 Å². The Kier molecular flexibility index (Phi) is 3.65. The Bertz CT molecular complexity index is 1090. The van der Waals surface area contributed by atoms with Crippen LogP contribution in [0.25, 0.3) is 10.9 Å². The maximum Gasteiger partial charge on any atom is 0.341 e. The van der Waals surface area contributed by atoms with Crippen LogP contribution in [-0.4, -0.2) is 38.7 Å². The van der Waals surface area contributed by atoms with Crippen molar-refractivity contribution in [1.82, 2.24) is 4.57 Å². The molecule has 1 aliphatic heterocycles. The van der Waals surface area contributed by atoms with E-state index in [-0.39, 0.29) is 28.3 Å². The quantitative estimate of drug-likeness (QED) is 0.633. The first-order valence-corrected chi connectivity index (χ1v) is 8.21. The number of carbonyl (C=O) groups excluding carboxylic acids is 1. The molecule has 4 rings (SSSR count). The van der Waals surface area contributed by atoms with Crippen molar-refractivity contribution in [2.45, 2.75) is 31.3 Å². The predicted octanol–water partition coefficient (Wildman–Crippen LogP) is 1.38. The second kappa shape index (κ2) is 5.79. The zero-order valence-electron chi connectivity index (χ0n) is 13.8. The summed E-state index contributed by atoms with van der Waals surface area (Å²) < 4.78 is 16.7. The van der Waals surface area contributed by atoms with Crippen molar-refractivity contribution in [3.63, 3.8) is 0 Å². The highest BCUT2D eigenvalue weighted by Crippen LogP contribution is 2.41. The van der Waals surface area contributed by atoms with Gasteiger partial charge in [0.25, 0.3) is 0 Å². The van der Waals surface area contributed by atoms with Gasteiger partial charge in [0.05, 0.1) is 28.7 Å². The van der Waals surface area contributed by atoms with E-state index in [0.29, 0.717) is 0 Å². The number of nitrogens with zero attached hydrogens (tertiary/aromatic N) is 1. The highest BCUT2D eigenvalue weighted by molar-refractivity contribution is 6.07. The van der Waals surface area contributed by atoms with Gasteiger partial charge in [0.2, 0.25) is 11.3 Å². The summed E-state index contributed by atoms with van der Waals surface area (Å²) in [6.07, 6.45) is 2.03. The van der Waals surface area contributed by atoms with E-state index in [1.165, 1.54) is 10.6 Å². The second-order valence-electron chi connectivity index (χ2n) is 6.61. The molecule has 1 amide bonds. The summed E-state index contributed by atoms with van der Waals surface area (Å²) in [5.74, 6) is -4.16. The van der Waals surface area contributed by atoms with Gasteiger partial charge in [-0.2, -0.15) is 0 Å². The zero-order valence-corrected chi connectivity index (χ0v) is 13.8. The van der Waals surface area contributed by atoms with Crippen LogP contribution in [-0.2, 0) is 9.59 Å². The lowest BCUT2D eigenvalue weighted by Crippen LogP contribution is -2.41. The van der Waals surface area contributed by atoms with Crippen molar-refractivity contribution in [3.05, 3.63) is 33.9 Å². The highest BCUT2D eigenvalue weighted by Gasteiger charge is 2.34. The molecule has 10 heteroatoms. The number of benzene rings is 1. The SMILES string of the molecule is O=C(O)CC1Nc2c(cc3c(=O)c(C(=O)O)cn(C4CC4)c3c2F)NC1=O. The average Bonchev–Trinajstić information content (AvgIpc) is 3.41. The van der Waals surface area contributed by atoms with E-state index in [9.17, 15) is 24.3 Å². The molecule has 0 radical (unpaired) electrons. The number of carboxylic acid groups (broad SMARTS) is 2. The van der Waals surface area contributed by atoms with E-state index in [2.05, 4.69) is 10.6 Å². The molecule has 1 saturated carbocycles. The smallest absolute Gasteiger partial charge is 0.341 e. The minimum Gasteiger partial charge on any atom is -0.481 e. The predicted molar refractivity (Wildman–Crippen MR) is 91.7 cm³/mol. The molecule has 27 heavy (non-hydrogen) atoms. The fourth-order valence-electron chi connectivity index (χ4n) is 3.28. The zero-order chi connectivity index (χ0) is 19.5. The molecule has 1 aliphatic carbocycles. The molecule has 0 spiro atoms. The van der Waals surface area contributed by atoms with E-state index < -0.39 is 47.1 Å². The summed E-state index contributed by atoms with van der Waals surface area (Å²) in [5, 5.41) is 23.0. The summed E-state index contributed by atoms with van der Waals surface area (Å²) in [6, 6.07) is -0.0587. The largest absolute Gasteiger partial charge is 0.481 e. The molecule has 1 aromatic carbocycles. The summed E-state index contributed by atoms with van der Waals surface area (Å²) in [5.41, 5.74) is -1.55. The number of aromatic carboxylic acids is 1. The van der Waals surface area contributed by atoms with Crippen LogP contribution in [0.2, 0.25) is 0 Å². The van der Waals surface area contributed by atoms with Gasteiger partial charge in [-0.3, -0.25) is 14.4 Å². The van der Waals surface area contributed by atoms with Gasteiger partial charge < -0.3 is 25.4 Å². The van der Waals surface area contributed by atoms with E-state index >= 15 is 4.39 Å². The molecule has 1 aromatic heterocycles. The lowest BCUT2D eigenvalue weighted by atomic mass is 10.0. The first-order chi connectivity index (χ1) is 12.8. The molecule has 1 fully saturated rings. The van der Waals surface area contributed by atoms with E-state index in [1.807, 2.05) is 0 Å². The maximum atomic E-state index is 15.3. The second-order valence-corrected chi connectivity index (χ2v) is 6.61. The molecule has 1 unspecified atom stereocenters. The number of amides is 1. The number of halogens is 1. The van der Waals surface area contributed by atoms with E-state index in [1.54, 1.807) is 0 Å². The highest BCUT2D eigenvalue weighted by atomic mass is 19.1. The Balaban J connectivity index is 1.97. The van der Waals surface area contributed by atoms with Crippen molar-refractivity contribution >= 4 is 40.1 Å². The van der Waals surface area contributed by atoms with Crippen LogP contribution in [0.15, 0.2) is 17.1 Å². The standard InChI is InChI=1S/C17H14FN3O6/c18-12-13-9(20-16(25)10(19-13)4-11(22)23)3-7-14(12)21(6-1-2-6)5-8(15(7)24)17(26)27/h3,5-6,10,19H,1-2,4H2,(H,20,25)(H,22,23)(H,26,27). The van der Waals surface area contributed by atoms with Crippen molar-refractivity contribution < 1.29 is 29.0 Å². The van der Waals surface area contributed by atoms with Crippen LogP contribution in [0.5, 0.6) is 0 Å². The molecule has 2 aromatic rings. The number of rotatable bonds is 4. The molecule has 0 bridgehead atoms. The number of carboxylic acids is 2. The van der Waals surface area contributed by atoms with Crippen LogP contribution in [0.3, 0.4) is 0 Å². The molecule has 0 saturated heterocycles. The van der Waals surface area contributed by atoms with Crippen LogP contribution in [0.4, 0.5) is 15.8 Å². The number of pyridine rings is 1.